The number of carbonyl (C=O) groups excluding carboxylic acids is 1. The van der Waals surface area contributed by atoms with Crippen LogP contribution in [0, 0.1) is 0 Å². The van der Waals surface area contributed by atoms with E-state index in [9.17, 15) is 9.59 Å². The van der Waals surface area contributed by atoms with Crippen LogP contribution in [0.5, 0.6) is 0 Å². The van der Waals surface area contributed by atoms with Crippen LogP contribution in [0.2, 0.25) is 0 Å². The molecule has 1 aromatic carbocycles. The molecule has 0 radical (unpaired) electrons. The van der Waals surface area contributed by atoms with Gasteiger partial charge < -0.3 is 9.84 Å². The summed E-state index contributed by atoms with van der Waals surface area (Å²) >= 11 is 3.33. The van der Waals surface area contributed by atoms with Crippen LogP contribution in [0.25, 0.3) is 10.9 Å². The Labute approximate surface area is 152 Å². The molecule has 7 nitrogen and oxygen atoms in total. The van der Waals surface area contributed by atoms with Crippen molar-refractivity contribution in [2.45, 2.75) is 32.7 Å². The van der Waals surface area contributed by atoms with Gasteiger partial charge >= 0.3 is 0 Å². The Morgan fingerprint density at radius 1 is 1.32 bits per heavy atom. The second-order valence-electron chi connectivity index (χ2n) is 6.71. The summed E-state index contributed by atoms with van der Waals surface area (Å²) in [6.07, 6.45) is 1.36. The molecule has 0 unspecified atom stereocenters. The standard InChI is InChI=1S/C17H17BrN4O3/c1-17(2,3)13-7-14(21-25-13)20-15(23)8-22-9-19-12-5-4-10(18)6-11(12)16(22)24/h4-7,9H,8H2,1-3H3,(H,20,21,23). The second kappa shape index (κ2) is 6.44. The van der Waals surface area contributed by atoms with Gasteiger partial charge in [0.2, 0.25) is 5.91 Å². The molecule has 3 aromatic rings. The summed E-state index contributed by atoms with van der Waals surface area (Å²) in [6.45, 7) is 5.79. The maximum atomic E-state index is 12.5. The summed E-state index contributed by atoms with van der Waals surface area (Å²) in [5, 5.41) is 6.91. The molecule has 25 heavy (non-hydrogen) atoms. The molecule has 8 heteroatoms. The number of halogens is 1. The van der Waals surface area contributed by atoms with Crippen LogP contribution in [0.3, 0.4) is 0 Å². The summed E-state index contributed by atoms with van der Waals surface area (Å²) in [7, 11) is 0. The molecule has 0 aliphatic rings. The Morgan fingerprint density at radius 2 is 2.08 bits per heavy atom. The van der Waals surface area contributed by atoms with Gasteiger partial charge in [0.15, 0.2) is 5.82 Å². The maximum Gasteiger partial charge on any atom is 0.261 e. The first-order valence-electron chi connectivity index (χ1n) is 7.66. The Hall–Kier alpha value is -2.48. The van der Waals surface area contributed by atoms with Gasteiger partial charge in [-0.05, 0) is 18.2 Å². The predicted molar refractivity (Wildman–Crippen MR) is 97.5 cm³/mol. The van der Waals surface area contributed by atoms with Crippen LogP contribution in [0.1, 0.15) is 26.5 Å². The first-order valence-corrected chi connectivity index (χ1v) is 8.45. The van der Waals surface area contributed by atoms with E-state index < -0.39 is 0 Å². The molecule has 0 fully saturated rings. The normalized spacial score (nSPS) is 11.7. The van der Waals surface area contributed by atoms with Crippen LogP contribution >= 0.6 is 15.9 Å². The highest BCUT2D eigenvalue weighted by molar-refractivity contribution is 9.10. The van der Waals surface area contributed by atoms with Gasteiger partial charge in [0.05, 0.1) is 17.2 Å². The highest BCUT2D eigenvalue weighted by atomic mass is 79.9. The Kier molecular flexibility index (Phi) is 4.47. The van der Waals surface area contributed by atoms with Gasteiger partial charge in [0.25, 0.3) is 5.56 Å². The molecular weight excluding hydrogens is 388 g/mol. The van der Waals surface area contributed by atoms with Gasteiger partial charge in [0.1, 0.15) is 12.3 Å². The topological polar surface area (TPSA) is 90.0 Å². The lowest BCUT2D eigenvalue weighted by molar-refractivity contribution is -0.116. The van der Waals surface area contributed by atoms with E-state index in [0.717, 1.165) is 4.47 Å². The highest BCUT2D eigenvalue weighted by Crippen LogP contribution is 2.24. The first kappa shape index (κ1) is 17.3. The summed E-state index contributed by atoms with van der Waals surface area (Å²) in [4.78, 5) is 28.9. The minimum atomic E-state index is -0.382. The zero-order valence-electron chi connectivity index (χ0n) is 14.0. The van der Waals surface area contributed by atoms with Crippen molar-refractivity contribution in [3.05, 3.63) is 51.2 Å². The van der Waals surface area contributed by atoms with Gasteiger partial charge in [-0.2, -0.15) is 0 Å². The van der Waals surface area contributed by atoms with E-state index in [4.69, 9.17) is 4.52 Å². The molecule has 0 atom stereocenters. The molecular formula is C17H17BrN4O3. The lowest BCUT2D eigenvalue weighted by Crippen LogP contribution is -2.28. The van der Waals surface area contributed by atoms with Crippen molar-refractivity contribution >= 4 is 38.6 Å². The molecule has 0 saturated carbocycles. The number of benzene rings is 1. The number of hydrogen-bond donors (Lipinski definition) is 1. The highest BCUT2D eigenvalue weighted by Gasteiger charge is 2.20. The van der Waals surface area contributed by atoms with Crippen LogP contribution in [0.4, 0.5) is 5.82 Å². The SMILES string of the molecule is CC(C)(C)c1cc(NC(=O)Cn2cnc3ccc(Br)cc3c2=O)no1. The summed E-state index contributed by atoms with van der Waals surface area (Å²) < 4.78 is 7.26. The van der Waals surface area contributed by atoms with Crippen molar-refractivity contribution in [1.82, 2.24) is 14.7 Å². The van der Waals surface area contributed by atoms with E-state index in [0.29, 0.717) is 22.5 Å². The molecule has 0 bridgehead atoms. The molecule has 1 N–H and O–H groups in total. The van der Waals surface area contributed by atoms with Crippen molar-refractivity contribution in [1.29, 1.82) is 0 Å². The number of anilines is 1. The molecule has 0 saturated heterocycles. The van der Waals surface area contributed by atoms with Crippen LogP contribution < -0.4 is 10.9 Å². The fourth-order valence-corrected chi connectivity index (χ4v) is 2.63. The Balaban J connectivity index is 1.79. The molecule has 3 rings (SSSR count). The van der Waals surface area contributed by atoms with Crippen LogP contribution in [0.15, 0.2) is 44.4 Å². The minimum absolute atomic E-state index is 0.161. The van der Waals surface area contributed by atoms with Gasteiger partial charge in [0, 0.05) is 16.0 Å². The molecule has 0 spiro atoms. The van der Waals surface area contributed by atoms with E-state index in [-0.39, 0.29) is 23.4 Å². The number of nitrogens with zero attached hydrogens (tertiary/aromatic N) is 3. The van der Waals surface area contributed by atoms with Crippen molar-refractivity contribution in [2.24, 2.45) is 0 Å². The zero-order chi connectivity index (χ0) is 18.2. The van der Waals surface area contributed by atoms with E-state index >= 15 is 0 Å². The quantitative estimate of drug-likeness (QED) is 0.724. The number of carbonyl (C=O) groups is 1. The molecule has 0 aliphatic carbocycles. The third kappa shape index (κ3) is 3.79. The van der Waals surface area contributed by atoms with E-state index in [1.165, 1.54) is 10.9 Å². The lowest BCUT2D eigenvalue weighted by atomic mass is 9.93. The average molecular weight is 405 g/mol. The molecule has 2 aromatic heterocycles. The predicted octanol–water partition coefficient (Wildman–Crippen LogP) is 3.08. The summed E-state index contributed by atoms with van der Waals surface area (Å²) in [5.41, 5.74) is 0.0934. The van der Waals surface area contributed by atoms with Gasteiger partial charge in [-0.1, -0.05) is 41.9 Å². The average Bonchev–Trinajstić information content (AvgIpc) is 2.99. The van der Waals surface area contributed by atoms with Crippen molar-refractivity contribution in [3.8, 4) is 0 Å². The Bertz CT molecular complexity index is 1000. The molecule has 2 heterocycles. The van der Waals surface area contributed by atoms with Crippen molar-refractivity contribution in [3.63, 3.8) is 0 Å². The van der Waals surface area contributed by atoms with Gasteiger partial charge in [-0.3, -0.25) is 14.2 Å². The van der Waals surface area contributed by atoms with Gasteiger partial charge in [-0.15, -0.1) is 0 Å². The lowest BCUT2D eigenvalue weighted by Gasteiger charge is -2.12. The smallest absolute Gasteiger partial charge is 0.261 e. The first-order chi connectivity index (χ1) is 11.7. The van der Waals surface area contributed by atoms with Crippen LogP contribution in [-0.4, -0.2) is 20.6 Å². The van der Waals surface area contributed by atoms with Crippen molar-refractivity contribution < 1.29 is 9.32 Å². The molecule has 130 valence electrons. The monoisotopic (exact) mass is 404 g/mol. The molecule has 1 amide bonds. The maximum absolute atomic E-state index is 12.5. The minimum Gasteiger partial charge on any atom is -0.359 e. The Morgan fingerprint density at radius 3 is 2.76 bits per heavy atom. The van der Waals surface area contributed by atoms with Crippen LogP contribution in [-0.2, 0) is 16.8 Å². The number of aromatic nitrogens is 3. The number of nitrogens with one attached hydrogen (secondary N) is 1. The van der Waals surface area contributed by atoms with Gasteiger partial charge in [-0.25, -0.2) is 4.98 Å². The number of amides is 1. The third-order valence-corrected chi connectivity index (χ3v) is 4.11. The zero-order valence-corrected chi connectivity index (χ0v) is 15.6. The van der Waals surface area contributed by atoms with E-state index in [1.54, 1.807) is 18.2 Å². The number of rotatable bonds is 3. The second-order valence-corrected chi connectivity index (χ2v) is 7.63. The summed E-state index contributed by atoms with van der Waals surface area (Å²) in [6, 6.07) is 6.92. The largest absolute Gasteiger partial charge is 0.359 e. The molecule has 0 aliphatic heterocycles. The van der Waals surface area contributed by atoms with E-state index in [1.807, 2.05) is 26.8 Å². The van der Waals surface area contributed by atoms with E-state index in [2.05, 4.69) is 31.4 Å². The fraction of sp³-hybridized carbons (Fsp3) is 0.294. The summed E-state index contributed by atoms with van der Waals surface area (Å²) in [5.74, 6) is 0.601. The number of hydrogen-bond acceptors (Lipinski definition) is 5. The van der Waals surface area contributed by atoms with Crippen molar-refractivity contribution in [2.75, 3.05) is 5.32 Å². The third-order valence-electron chi connectivity index (χ3n) is 3.62. The fourth-order valence-electron chi connectivity index (χ4n) is 2.27. The number of fused-ring (bicyclic) bond motifs is 1.